The van der Waals surface area contributed by atoms with Crippen molar-refractivity contribution in [3.63, 3.8) is 0 Å². The van der Waals surface area contributed by atoms with Crippen LogP contribution in [0.15, 0.2) is 36.4 Å². The number of unbranched alkanes of at least 4 members (excludes halogenated alkanes) is 2. The normalized spacial score (nSPS) is 38.7. The first-order valence-electron chi connectivity index (χ1n) is 10.7. The van der Waals surface area contributed by atoms with Gasteiger partial charge in [0.15, 0.2) is 0 Å². The van der Waals surface area contributed by atoms with Gasteiger partial charge >= 0.3 is 5.97 Å². The molecule has 0 saturated heterocycles. The molecule has 26 heavy (non-hydrogen) atoms. The summed E-state index contributed by atoms with van der Waals surface area (Å²) in [6.07, 6.45) is 12.3. The molecule has 0 amide bonds. The molecule has 0 aromatic heterocycles. The van der Waals surface area contributed by atoms with Gasteiger partial charge in [0.1, 0.15) is 0 Å². The SMILES string of the molecule is CCCCCOC(=O)c1ccccc1C1CC2CC1C1C3C=CC(C3)C21. The third-order valence-electron chi connectivity index (χ3n) is 7.83. The van der Waals surface area contributed by atoms with Gasteiger partial charge in [-0.2, -0.15) is 0 Å². The first kappa shape index (κ1) is 16.6. The number of carbonyl (C=O) groups is 1. The van der Waals surface area contributed by atoms with Crippen LogP contribution in [0.25, 0.3) is 0 Å². The van der Waals surface area contributed by atoms with Crippen molar-refractivity contribution < 1.29 is 9.53 Å². The molecule has 2 nitrogen and oxygen atoms in total. The highest BCUT2D eigenvalue weighted by Crippen LogP contribution is 2.68. The number of hydrogen-bond acceptors (Lipinski definition) is 2. The lowest BCUT2D eigenvalue weighted by atomic mass is 9.67. The van der Waals surface area contributed by atoms with E-state index in [0.717, 1.165) is 60.3 Å². The summed E-state index contributed by atoms with van der Waals surface area (Å²) in [5.41, 5.74) is 2.10. The van der Waals surface area contributed by atoms with E-state index in [9.17, 15) is 4.79 Å². The molecule has 3 fully saturated rings. The van der Waals surface area contributed by atoms with Gasteiger partial charge in [-0.1, -0.05) is 50.1 Å². The maximum atomic E-state index is 12.7. The topological polar surface area (TPSA) is 26.3 Å². The fourth-order valence-corrected chi connectivity index (χ4v) is 6.97. The lowest BCUT2D eigenvalue weighted by Crippen LogP contribution is -2.30. The summed E-state index contributed by atoms with van der Waals surface area (Å²) in [6, 6.07) is 8.28. The Morgan fingerprint density at radius 2 is 1.85 bits per heavy atom. The Labute approximate surface area is 157 Å². The minimum absolute atomic E-state index is 0.108. The second-order valence-electron chi connectivity index (χ2n) is 9.04. The Morgan fingerprint density at radius 3 is 2.69 bits per heavy atom. The third kappa shape index (κ3) is 2.48. The summed E-state index contributed by atoms with van der Waals surface area (Å²) in [5.74, 6) is 5.61. The molecule has 0 heterocycles. The van der Waals surface area contributed by atoms with Gasteiger partial charge in [-0.05, 0) is 78.7 Å². The molecule has 3 saturated carbocycles. The van der Waals surface area contributed by atoms with Crippen LogP contribution in [0.1, 0.15) is 67.3 Å². The lowest BCUT2D eigenvalue weighted by Gasteiger charge is -2.37. The van der Waals surface area contributed by atoms with Gasteiger partial charge in [0.25, 0.3) is 0 Å². The van der Waals surface area contributed by atoms with Crippen molar-refractivity contribution in [2.75, 3.05) is 6.61 Å². The summed E-state index contributed by atoms with van der Waals surface area (Å²) < 4.78 is 5.60. The number of esters is 1. The fourth-order valence-electron chi connectivity index (χ4n) is 6.97. The highest BCUT2D eigenvalue weighted by atomic mass is 16.5. The fraction of sp³-hybridized carbons (Fsp3) is 0.625. The third-order valence-corrected chi connectivity index (χ3v) is 7.83. The van der Waals surface area contributed by atoms with E-state index in [1.165, 1.54) is 24.8 Å². The summed E-state index contributed by atoms with van der Waals surface area (Å²) in [5, 5.41) is 0. The maximum Gasteiger partial charge on any atom is 0.338 e. The van der Waals surface area contributed by atoms with Crippen LogP contribution in [0.2, 0.25) is 0 Å². The van der Waals surface area contributed by atoms with Gasteiger partial charge < -0.3 is 4.74 Å². The molecule has 0 spiro atoms. The minimum atomic E-state index is -0.108. The second-order valence-corrected chi connectivity index (χ2v) is 9.04. The number of rotatable bonds is 6. The monoisotopic (exact) mass is 350 g/mol. The van der Waals surface area contributed by atoms with Gasteiger partial charge in [0.2, 0.25) is 0 Å². The molecule has 4 aliphatic carbocycles. The van der Waals surface area contributed by atoms with E-state index in [0.29, 0.717) is 12.5 Å². The first-order valence-corrected chi connectivity index (χ1v) is 10.7. The Bertz CT molecular complexity index is 721. The molecule has 0 aliphatic heterocycles. The standard InChI is InChI=1S/C24H30O2/c1-2-3-6-11-26-24(25)19-8-5-4-7-18(19)20-13-17-14-21(20)23-16-10-9-15(12-16)22(17)23/h4-5,7-10,15-17,20-23H,2-3,6,11-14H2,1H3. The molecule has 5 rings (SSSR count). The summed E-state index contributed by atoms with van der Waals surface area (Å²) >= 11 is 0. The smallest absolute Gasteiger partial charge is 0.338 e. The maximum absolute atomic E-state index is 12.7. The quantitative estimate of drug-likeness (QED) is 0.289. The number of benzene rings is 1. The van der Waals surface area contributed by atoms with E-state index in [1.807, 2.05) is 12.1 Å². The Hall–Kier alpha value is -1.57. The van der Waals surface area contributed by atoms with Crippen LogP contribution in [0.3, 0.4) is 0 Å². The van der Waals surface area contributed by atoms with Crippen LogP contribution in [0.4, 0.5) is 0 Å². The predicted molar refractivity (Wildman–Crippen MR) is 103 cm³/mol. The van der Waals surface area contributed by atoms with E-state index >= 15 is 0 Å². The highest BCUT2D eigenvalue weighted by Gasteiger charge is 2.61. The second kappa shape index (κ2) is 6.55. The van der Waals surface area contributed by atoms with E-state index in [2.05, 4.69) is 31.2 Å². The Kier molecular flexibility index (Phi) is 4.18. The molecule has 7 atom stereocenters. The minimum Gasteiger partial charge on any atom is -0.462 e. The van der Waals surface area contributed by atoms with Crippen LogP contribution in [0, 0.1) is 35.5 Å². The Morgan fingerprint density at radius 1 is 1.04 bits per heavy atom. The van der Waals surface area contributed by atoms with E-state index in [1.54, 1.807) is 0 Å². The molecule has 1 aromatic rings. The van der Waals surface area contributed by atoms with E-state index in [4.69, 9.17) is 4.74 Å². The molecule has 1 aromatic carbocycles. The van der Waals surface area contributed by atoms with E-state index in [-0.39, 0.29) is 5.97 Å². The van der Waals surface area contributed by atoms with Crippen molar-refractivity contribution in [2.24, 2.45) is 35.5 Å². The number of fused-ring (bicyclic) bond motifs is 9. The van der Waals surface area contributed by atoms with Crippen molar-refractivity contribution >= 4 is 5.97 Å². The molecule has 4 bridgehead atoms. The zero-order valence-corrected chi connectivity index (χ0v) is 15.8. The largest absolute Gasteiger partial charge is 0.462 e. The van der Waals surface area contributed by atoms with Crippen LogP contribution >= 0.6 is 0 Å². The van der Waals surface area contributed by atoms with Gasteiger partial charge in [0.05, 0.1) is 12.2 Å². The van der Waals surface area contributed by atoms with Crippen molar-refractivity contribution in [1.82, 2.24) is 0 Å². The molecule has 7 unspecified atom stereocenters. The zero-order valence-electron chi connectivity index (χ0n) is 15.8. The predicted octanol–water partition coefficient (Wildman–Crippen LogP) is 5.60. The molecule has 0 radical (unpaired) electrons. The van der Waals surface area contributed by atoms with Crippen LogP contribution in [0.5, 0.6) is 0 Å². The number of carbonyl (C=O) groups excluding carboxylic acids is 1. The summed E-state index contributed by atoms with van der Waals surface area (Å²) in [6.45, 7) is 2.72. The molecule has 138 valence electrons. The van der Waals surface area contributed by atoms with Gasteiger partial charge in [-0.15, -0.1) is 0 Å². The van der Waals surface area contributed by atoms with Crippen LogP contribution < -0.4 is 0 Å². The number of allylic oxidation sites excluding steroid dienone is 2. The van der Waals surface area contributed by atoms with Crippen LogP contribution in [-0.2, 0) is 4.74 Å². The Balaban J connectivity index is 1.35. The van der Waals surface area contributed by atoms with Crippen molar-refractivity contribution in [2.45, 2.75) is 51.4 Å². The number of ether oxygens (including phenoxy) is 1. The van der Waals surface area contributed by atoms with Crippen molar-refractivity contribution in [1.29, 1.82) is 0 Å². The van der Waals surface area contributed by atoms with Gasteiger partial charge in [0, 0.05) is 0 Å². The average Bonchev–Trinajstić information content (AvgIpc) is 3.44. The first-order chi connectivity index (χ1) is 12.8. The number of hydrogen-bond donors (Lipinski definition) is 0. The zero-order chi connectivity index (χ0) is 17.7. The lowest BCUT2D eigenvalue weighted by molar-refractivity contribution is 0.0495. The summed E-state index contributed by atoms with van der Waals surface area (Å²) in [7, 11) is 0. The van der Waals surface area contributed by atoms with Crippen molar-refractivity contribution in [3.8, 4) is 0 Å². The molecular formula is C24H30O2. The van der Waals surface area contributed by atoms with Crippen LogP contribution in [-0.4, -0.2) is 12.6 Å². The molecule has 4 aliphatic rings. The highest BCUT2D eigenvalue weighted by molar-refractivity contribution is 5.91. The van der Waals surface area contributed by atoms with E-state index < -0.39 is 0 Å². The van der Waals surface area contributed by atoms with Crippen molar-refractivity contribution in [3.05, 3.63) is 47.5 Å². The van der Waals surface area contributed by atoms with Gasteiger partial charge in [-0.25, -0.2) is 4.79 Å². The summed E-state index contributed by atoms with van der Waals surface area (Å²) in [4.78, 5) is 12.7. The molecule has 0 N–H and O–H groups in total. The molecule has 2 heteroatoms. The average molecular weight is 351 g/mol. The molecular weight excluding hydrogens is 320 g/mol. The van der Waals surface area contributed by atoms with Gasteiger partial charge in [-0.3, -0.25) is 0 Å².